The van der Waals surface area contributed by atoms with Crippen LogP contribution in [0.3, 0.4) is 0 Å². The Morgan fingerprint density at radius 2 is 1.43 bits per heavy atom. The fourth-order valence-electron chi connectivity index (χ4n) is 3.42. The molecule has 0 N–H and O–H groups in total. The van der Waals surface area contributed by atoms with Crippen LogP contribution in [0.5, 0.6) is 0 Å². The van der Waals surface area contributed by atoms with Crippen molar-refractivity contribution in [3.63, 3.8) is 0 Å². The fourth-order valence-corrected chi connectivity index (χ4v) is 3.42. The van der Waals surface area contributed by atoms with Gasteiger partial charge in [-0.1, -0.05) is 66.7 Å². The van der Waals surface area contributed by atoms with E-state index in [2.05, 4.69) is 0 Å². The molecule has 2 atom stereocenters. The number of carbonyl (C=O) groups excluding carboxylic acids is 2. The van der Waals surface area contributed by atoms with E-state index < -0.39 is 16.9 Å². The van der Waals surface area contributed by atoms with E-state index >= 15 is 0 Å². The third kappa shape index (κ3) is 3.16. The second kappa shape index (κ2) is 7.08. The molecule has 0 aliphatic carbocycles. The molecular formula is C22H16N2O4. The summed E-state index contributed by atoms with van der Waals surface area (Å²) in [6.45, 7) is 0. The van der Waals surface area contributed by atoms with Crippen molar-refractivity contribution in [3.8, 4) is 0 Å². The molecule has 0 bridgehead atoms. The number of rotatable bonds is 5. The first kappa shape index (κ1) is 17.6. The molecule has 0 radical (unpaired) electrons. The average molecular weight is 372 g/mol. The summed E-state index contributed by atoms with van der Waals surface area (Å²) in [6, 6.07) is 22.7. The number of benzene rings is 3. The van der Waals surface area contributed by atoms with Crippen LogP contribution in [-0.2, 0) is 0 Å². The molecule has 3 aromatic carbocycles. The molecule has 1 heterocycles. The summed E-state index contributed by atoms with van der Waals surface area (Å²) < 4.78 is 0. The smallest absolute Gasteiger partial charge is 0.270 e. The Bertz CT molecular complexity index is 1050. The highest BCUT2D eigenvalue weighted by Gasteiger charge is 2.56. The number of carbonyl (C=O) groups is 2. The maximum absolute atomic E-state index is 13.1. The van der Waals surface area contributed by atoms with Crippen LogP contribution in [0.4, 0.5) is 5.69 Å². The molecule has 138 valence electrons. The van der Waals surface area contributed by atoms with Crippen molar-refractivity contribution in [1.82, 2.24) is 4.90 Å². The highest BCUT2D eigenvalue weighted by Crippen LogP contribution is 2.46. The molecule has 1 fully saturated rings. The average Bonchev–Trinajstić information content (AvgIpc) is 3.49. The molecule has 1 aliphatic heterocycles. The first-order valence-corrected chi connectivity index (χ1v) is 8.79. The van der Waals surface area contributed by atoms with Crippen molar-refractivity contribution >= 4 is 17.4 Å². The second-order valence-corrected chi connectivity index (χ2v) is 6.55. The van der Waals surface area contributed by atoms with Crippen molar-refractivity contribution in [2.24, 2.45) is 0 Å². The lowest BCUT2D eigenvalue weighted by Crippen LogP contribution is -2.19. The van der Waals surface area contributed by atoms with Crippen LogP contribution in [0.2, 0.25) is 0 Å². The topological polar surface area (TPSA) is 80.3 Å². The molecule has 0 unspecified atom stereocenters. The predicted molar refractivity (Wildman–Crippen MR) is 103 cm³/mol. The molecule has 0 spiro atoms. The molecule has 4 rings (SSSR count). The van der Waals surface area contributed by atoms with Crippen molar-refractivity contribution in [1.29, 1.82) is 0 Å². The number of ketones is 1. The minimum atomic E-state index is -0.628. The van der Waals surface area contributed by atoms with Crippen LogP contribution in [0, 0.1) is 10.1 Å². The number of nitro groups is 1. The zero-order valence-electron chi connectivity index (χ0n) is 14.8. The summed E-state index contributed by atoms with van der Waals surface area (Å²) in [4.78, 5) is 38.1. The van der Waals surface area contributed by atoms with E-state index in [-0.39, 0.29) is 23.1 Å². The first-order valence-electron chi connectivity index (χ1n) is 8.79. The standard InChI is InChI=1S/C22H16N2O4/c25-21(16-10-5-2-6-11-16)20-19(15-8-3-1-4-9-15)23(20)22(26)17-12-7-13-18(14-17)24(27)28/h1-14,19-20H/t19-,20+,23?/m1/s1. The van der Waals surface area contributed by atoms with Gasteiger partial charge in [-0.15, -0.1) is 0 Å². The van der Waals surface area contributed by atoms with Gasteiger partial charge in [0.05, 0.1) is 11.0 Å². The van der Waals surface area contributed by atoms with Gasteiger partial charge in [0, 0.05) is 23.3 Å². The van der Waals surface area contributed by atoms with Crippen LogP contribution in [0.15, 0.2) is 84.9 Å². The van der Waals surface area contributed by atoms with Gasteiger partial charge in [0.2, 0.25) is 0 Å². The Morgan fingerprint density at radius 3 is 2.07 bits per heavy atom. The number of amides is 1. The van der Waals surface area contributed by atoms with E-state index in [1.807, 2.05) is 36.4 Å². The Morgan fingerprint density at radius 1 is 0.821 bits per heavy atom. The van der Waals surface area contributed by atoms with Gasteiger partial charge in [-0.25, -0.2) is 0 Å². The minimum absolute atomic E-state index is 0.145. The Kier molecular flexibility index (Phi) is 4.45. The van der Waals surface area contributed by atoms with Gasteiger partial charge in [0.1, 0.15) is 6.04 Å². The zero-order valence-corrected chi connectivity index (χ0v) is 14.8. The summed E-state index contributed by atoms with van der Waals surface area (Å²) in [7, 11) is 0. The van der Waals surface area contributed by atoms with Gasteiger partial charge in [-0.3, -0.25) is 19.7 Å². The molecule has 28 heavy (non-hydrogen) atoms. The number of hydrogen-bond donors (Lipinski definition) is 0. The molecular weight excluding hydrogens is 356 g/mol. The molecule has 0 aromatic heterocycles. The molecule has 6 heteroatoms. The monoisotopic (exact) mass is 372 g/mol. The Hall–Kier alpha value is -3.80. The van der Waals surface area contributed by atoms with Gasteiger partial charge >= 0.3 is 0 Å². The molecule has 1 amide bonds. The molecule has 1 saturated heterocycles. The van der Waals surface area contributed by atoms with E-state index in [4.69, 9.17) is 0 Å². The summed E-state index contributed by atoms with van der Waals surface area (Å²) in [5.41, 5.74) is 1.42. The minimum Gasteiger partial charge on any atom is -0.316 e. The Balaban J connectivity index is 1.69. The van der Waals surface area contributed by atoms with Gasteiger partial charge in [-0.05, 0) is 11.6 Å². The van der Waals surface area contributed by atoms with Gasteiger partial charge < -0.3 is 4.90 Å². The van der Waals surface area contributed by atoms with Gasteiger partial charge in [0.25, 0.3) is 11.6 Å². The van der Waals surface area contributed by atoms with E-state index in [1.54, 1.807) is 24.3 Å². The molecule has 0 saturated carbocycles. The molecule has 3 aromatic rings. The van der Waals surface area contributed by atoms with Crippen molar-refractivity contribution in [2.45, 2.75) is 12.1 Å². The zero-order chi connectivity index (χ0) is 19.7. The number of non-ortho nitro benzene ring substituents is 1. The third-order valence-electron chi connectivity index (χ3n) is 4.82. The highest BCUT2D eigenvalue weighted by molar-refractivity contribution is 6.08. The number of nitrogens with zero attached hydrogens (tertiary/aromatic N) is 2. The number of Topliss-reactive ketones (excluding diaryl/α,β-unsaturated/α-hetero) is 1. The summed E-state index contributed by atoms with van der Waals surface area (Å²) >= 11 is 0. The third-order valence-corrected chi connectivity index (χ3v) is 4.82. The van der Waals surface area contributed by atoms with Gasteiger partial charge in [0.15, 0.2) is 5.78 Å². The maximum Gasteiger partial charge on any atom is 0.270 e. The molecule has 6 nitrogen and oxygen atoms in total. The lowest BCUT2D eigenvalue weighted by molar-refractivity contribution is -0.384. The summed E-state index contributed by atoms with van der Waals surface area (Å²) in [5, 5.41) is 11.0. The molecule has 1 aliphatic rings. The second-order valence-electron chi connectivity index (χ2n) is 6.55. The normalized spacial score (nSPS) is 17.8. The van der Waals surface area contributed by atoms with E-state index in [0.717, 1.165) is 5.56 Å². The summed E-state index contributed by atoms with van der Waals surface area (Å²) in [5.74, 6) is -0.542. The van der Waals surface area contributed by atoms with Crippen LogP contribution in [0.25, 0.3) is 0 Å². The Labute approximate surface area is 161 Å². The maximum atomic E-state index is 13.1. The number of hydrogen-bond acceptors (Lipinski definition) is 4. The highest BCUT2D eigenvalue weighted by atomic mass is 16.6. The summed E-state index contributed by atoms with van der Waals surface area (Å²) in [6.07, 6.45) is 0. The lowest BCUT2D eigenvalue weighted by atomic mass is 10.0. The quantitative estimate of drug-likeness (QED) is 0.293. The predicted octanol–water partition coefficient (Wildman–Crippen LogP) is 4.04. The first-order chi connectivity index (χ1) is 13.6. The van der Waals surface area contributed by atoms with Crippen LogP contribution in [0.1, 0.15) is 32.3 Å². The van der Waals surface area contributed by atoms with Crippen molar-refractivity contribution in [3.05, 3.63) is 112 Å². The van der Waals surface area contributed by atoms with Crippen LogP contribution < -0.4 is 0 Å². The largest absolute Gasteiger partial charge is 0.316 e. The SMILES string of the molecule is O=C(c1ccccc1)[C@@H]1[C@@H](c2ccccc2)N1C(=O)c1cccc([N+](=O)[O-])c1. The van der Waals surface area contributed by atoms with Gasteiger partial charge in [-0.2, -0.15) is 0 Å². The van der Waals surface area contributed by atoms with E-state index in [1.165, 1.54) is 29.2 Å². The van der Waals surface area contributed by atoms with Crippen LogP contribution in [-0.4, -0.2) is 27.6 Å². The van der Waals surface area contributed by atoms with Crippen LogP contribution >= 0.6 is 0 Å². The van der Waals surface area contributed by atoms with E-state index in [0.29, 0.717) is 5.56 Å². The number of nitro benzene ring substituents is 1. The lowest BCUT2D eigenvalue weighted by Gasteiger charge is -2.05. The van der Waals surface area contributed by atoms with E-state index in [9.17, 15) is 19.7 Å². The van der Waals surface area contributed by atoms with Crippen molar-refractivity contribution in [2.75, 3.05) is 0 Å². The van der Waals surface area contributed by atoms with Crippen molar-refractivity contribution < 1.29 is 14.5 Å². The fraction of sp³-hybridized carbons (Fsp3) is 0.0909.